The van der Waals surface area contributed by atoms with Gasteiger partial charge in [0, 0.05) is 25.1 Å². The molecule has 0 spiro atoms. The third-order valence-corrected chi connectivity index (χ3v) is 5.63. The molecule has 5 heteroatoms. The molecule has 2 amide bonds. The molecule has 29 heavy (non-hydrogen) atoms. The molecular formula is C24H30N2O3. The summed E-state index contributed by atoms with van der Waals surface area (Å²) in [5, 5.41) is 3.04. The molecule has 1 aliphatic rings. The van der Waals surface area contributed by atoms with Crippen molar-refractivity contribution in [3.05, 3.63) is 65.2 Å². The van der Waals surface area contributed by atoms with Gasteiger partial charge in [-0.15, -0.1) is 0 Å². The lowest BCUT2D eigenvalue weighted by molar-refractivity contribution is -0.132. The van der Waals surface area contributed by atoms with Crippen molar-refractivity contribution >= 4 is 11.8 Å². The Bertz CT molecular complexity index is 893. The monoisotopic (exact) mass is 394 g/mol. The second-order valence-corrected chi connectivity index (χ2v) is 8.28. The largest absolute Gasteiger partial charge is 0.497 e. The first kappa shape index (κ1) is 20.9. The van der Waals surface area contributed by atoms with Gasteiger partial charge in [0.25, 0.3) is 5.91 Å². The van der Waals surface area contributed by atoms with Crippen molar-refractivity contribution in [3.8, 4) is 5.75 Å². The first-order valence-electron chi connectivity index (χ1n) is 10.2. The number of hydrogen-bond acceptors (Lipinski definition) is 3. The van der Waals surface area contributed by atoms with Crippen molar-refractivity contribution in [1.82, 2.24) is 10.2 Å². The topological polar surface area (TPSA) is 58.6 Å². The summed E-state index contributed by atoms with van der Waals surface area (Å²) in [6.07, 6.45) is 1.36. The zero-order valence-electron chi connectivity index (χ0n) is 17.7. The molecule has 5 nitrogen and oxygen atoms in total. The lowest BCUT2D eigenvalue weighted by atomic mass is 9.82. The molecule has 0 saturated heterocycles. The number of nitrogens with one attached hydrogen (secondary N) is 1. The highest BCUT2D eigenvalue weighted by atomic mass is 16.5. The van der Waals surface area contributed by atoms with E-state index >= 15 is 0 Å². The SMILES string of the molecule is COc1cccc(CNC(=O)[C@]2(C)Cc3ccccc3C(=O)N2CCC(C)C)c1. The molecular weight excluding hydrogens is 364 g/mol. The quantitative estimate of drug-likeness (QED) is 0.777. The number of hydrogen-bond donors (Lipinski definition) is 1. The average molecular weight is 395 g/mol. The fourth-order valence-electron chi connectivity index (χ4n) is 3.81. The maximum atomic E-state index is 13.3. The number of carbonyl (C=O) groups is 2. The van der Waals surface area contributed by atoms with Gasteiger partial charge in [-0.3, -0.25) is 9.59 Å². The summed E-state index contributed by atoms with van der Waals surface area (Å²) in [6, 6.07) is 15.2. The summed E-state index contributed by atoms with van der Waals surface area (Å²) >= 11 is 0. The summed E-state index contributed by atoms with van der Waals surface area (Å²) in [6.45, 7) is 7.08. The highest BCUT2D eigenvalue weighted by Gasteiger charge is 2.46. The van der Waals surface area contributed by atoms with Gasteiger partial charge < -0.3 is 15.0 Å². The molecule has 154 valence electrons. The second kappa shape index (κ2) is 8.68. The van der Waals surface area contributed by atoms with Gasteiger partial charge in [0.05, 0.1) is 7.11 Å². The van der Waals surface area contributed by atoms with Gasteiger partial charge in [0.2, 0.25) is 5.91 Å². The molecule has 0 saturated carbocycles. The molecule has 1 heterocycles. The van der Waals surface area contributed by atoms with Crippen LogP contribution in [0.1, 0.15) is 48.7 Å². The highest BCUT2D eigenvalue weighted by molar-refractivity contribution is 6.02. The van der Waals surface area contributed by atoms with E-state index in [9.17, 15) is 9.59 Å². The Hall–Kier alpha value is -2.82. The smallest absolute Gasteiger partial charge is 0.255 e. The minimum atomic E-state index is -0.917. The van der Waals surface area contributed by atoms with Gasteiger partial charge in [-0.25, -0.2) is 0 Å². The number of methoxy groups -OCH3 is 1. The van der Waals surface area contributed by atoms with Crippen LogP contribution in [0.15, 0.2) is 48.5 Å². The predicted molar refractivity (Wildman–Crippen MR) is 114 cm³/mol. The molecule has 0 aromatic heterocycles. The van der Waals surface area contributed by atoms with Crippen LogP contribution in [0, 0.1) is 5.92 Å². The lowest BCUT2D eigenvalue weighted by Gasteiger charge is -2.44. The Labute approximate surface area is 173 Å². The van der Waals surface area contributed by atoms with Crippen molar-refractivity contribution in [2.45, 2.75) is 45.7 Å². The summed E-state index contributed by atoms with van der Waals surface area (Å²) in [5.74, 6) is 1.01. The molecule has 0 bridgehead atoms. The number of fused-ring (bicyclic) bond motifs is 1. The van der Waals surface area contributed by atoms with Crippen molar-refractivity contribution < 1.29 is 14.3 Å². The van der Waals surface area contributed by atoms with Crippen molar-refractivity contribution in [1.29, 1.82) is 0 Å². The van der Waals surface area contributed by atoms with E-state index in [0.29, 0.717) is 31.0 Å². The third-order valence-electron chi connectivity index (χ3n) is 5.63. The Morgan fingerprint density at radius 3 is 2.69 bits per heavy atom. The maximum absolute atomic E-state index is 13.3. The van der Waals surface area contributed by atoms with Gasteiger partial charge in [-0.1, -0.05) is 44.2 Å². The first-order chi connectivity index (χ1) is 13.8. The molecule has 0 fully saturated rings. The number of amides is 2. The third kappa shape index (κ3) is 4.44. The van der Waals surface area contributed by atoms with Crippen LogP contribution in [0.3, 0.4) is 0 Å². The fourth-order valence-corrected chi connectivity index (χ4v) is 3.81. The van der Waals surface area contributed by atoms with E-state index in [-0.39, 0.29) is 11.8 Å². The van der Waals surface area contributed by atoms with Crippen LogP contribution in [0.4, 0.5) is 0 Å². The van der Waals surface area contributed by atoms with Crippen LogP contribution in [-0.2, 0) is 17.8 Å². The number of benzene rings is 2. The summed E-state index contributed by atoms with van der Waals surface area (Å²) in [4.78, 5) is 28.3. The van der Waals surface area contributed by atoms with Crippen LogP contribution >= 0.6 is 0 Å². The Balaban J connectivity index is 1.84. The number of nitrogens with zero attached hydrogens (tertiary/aromatic N) is 1. The van der Waals surface area contributed by atoms with Crippen LogP contribution < -0.4 is 10.1 Å². The van der Waals surface area contributed by atoms with Crippen molar-refractivity contribution in [2.24, 2.45) is 5.92 Å². The zero-order valence-corrected chi connectivity index (χ0v) is 17.7. The number of ether oxygens (including phenoxy) is 1. The predicted octanol–water partition coefficient (Wildman–Crippen LogP) is 3.81. The van der Waals surface area contributed by atoms with Crippen LogP contribution in [-0.4, -0.2) is 35.9 Å². The summed E-state index contributed by atoms with van der Waals surface area (Å²) in [7, 11) is 1.62. The van der Waals surface area contributed by atoms with E-state index < -0.39 is 5.54 Å². The van der Waals surface area contributed by atoms with E-state index in [1.807, 2.05) is 55.5 Å². The van der Waals surface area contributed by atoms with Crippen LogP contribution in [0.2, 0.25) is 0 Å². The van der Waals surface area contributed by atoms with Gasteiger partial charge in [-0.05, 0) is 48.6 Å². The average Bonchev–Trinajstić information content (AvgIpc) is 2.71. The van der Waals surface area contributed by atoms with E-state index in [4.69, 9.17) is 4.74 Å². The molecule has 1 N–H and O–H groups in total. The summed E-state index contributed by atoms with van der Waals surface area (Å²) < 4.78 is 5.26. The molecule has 1 atom stereocenters. The van der Waals surface area contributed by atoms with E-state index in [1.54, 1.807) is 12.0 Å². The second-order valence-electron chi connectivity index (χ2n) is 8.28. The molecule has 0 radical (unpaired) electrons. The lowest BCUT2D eigenvalue weighted by Crippen LogP contribution is -2.62. The number of rotatable bonds is 7. The molecule has 0 unspecified atom stereocenters. The Morgan fingerprint density at radius 1 is 1.21 bits per heavy atom. The van der Waals surface area contributed by atoms with Gasteiger partial charge in [-0.2, -0.15) is 0 Å². The van der Waals surface area contributed by atoms with Crippen molar-refractivity contribution in [3.63, 3.8) is 0 Å². The molecule has 3 rings (SSSR count). The standard InChI is InChI=1S/C24H30N2O3/c1-17(2)12-13-26-22(27)21-11-6-5-9-19(21)15-24(26,3)23(28)25-16-18-8-7-10-20(14-18)29-4/h5-11,14,17H,12-13,15-16H2,1-4H3,(H,25,28)/t24-/m0/s1. The van der Waals surface area contributed by atoms with E-state index in [2.05, 4.69) is 19.2 Å². The van der Waals surface area contributed by atoms with E-state index in [0.717, 1.165) is 23.3 Å². The van der Waals surface area contributed by atoms with Crippen molar-refractivity contribution in [2.75, 3.05) is 13.7 Å². The summed E-state index contributed by atoms with van der Waals surface area (Å²) in [5.41, 5.74) is 1.67. The van der Waals surface area contributed by atoms with Crippen LogP contribution in [0.5, 0.6) is 5.75 Å². The molecule has 1 aliphatic heterocycles. The molecule has 0 aliphatic carbocycles. The number of carbonyl (C=O) groups excluding carboxylic acids is 2. The molecule has 2 aromatic rings. The van der Waals surface area contributed by atoms with Crippen LogP contribution in [0.25, 0.3) is 0 Å². The Kier molecular flexibility index (Phi) is 6.26. The highest BCUT2D eigenvalue weighted by Crippen LogP contribution is 2.32. The fraction of sp³-hybridized carbons (Fsp3) is 0.417. The molecule has 2 aromatic carbocycles. The van der Waals surface area contributed by atoms with Gasteiger partial charge in [0.15, 0.2) is 0 Å². The minimum Gasteiger partial charge on any atom is -0.497 e. The Morgan fingerprint density at radius 2 is 1.97 bits per heavy atom. The first-order valence-corrected chi connectivity index (χ1v) is 10.2. The normalized spacial score (nSPS) is 18.5. The minimum absolute atomic E-state index is 0.0634. The maximum Gasteiger partial charge on any atom is 0.255 e. The van der Waals surface area contributed by atoms with Gasteiger partial charge >= 0.3 is 0 Å². The van der Waals surface area contributed by atoms with Gasteiger partial charge in [0.1, 0.15) is 11.3 Å². The van der Waals surface area contributed by atoms with E-state index in [1.165, 1.54) is 0 Å². The zero-order chi connectivity index (χ0) is 21.0.